The number of anilines is 1. The Balaban J connectivity index is 1.37. The number of amides is 3. The molecule has 0 aromatic heterocycles. The molecule has 186 valence electrons. The third-order valence-corrected chi connectivity index (χ3v) is 6.37. The van der Waals surface area contributed by atoms with Gasteiger partial charge in [-0.15, -0.1) is 0 Å². The summed E-state index contributed by atoms with van der Waals surface area (Å²) in [6, 6.07) is 12.4. The number of benzene rings is 2. The standard InChI is InChI=1S/C26H31N3O6/c1-16(30)28-18-7-10-23-21(12-18)26(32)29(2)22-9-8-20(35-24(22)15-34-23)13-25(31)27-14-17-5-4-6-19(11-17)33-3/h4-7,10-12,20,22,24H,8-9,13-15H2,1-3H3,(H,27,31)(H,28,30)/t20-,22+,24+/m0/s1. The Bertz CT molecular complexity index is 1100. The van der Waals surface area contributed by atoms with Gasteiger partial charge in [0.05, 0.1) is 31.2 Å². The van der Waals surface area contributed by atoms with Crippen molar-refractivity contribution >= 4 is 23.4 Å². The monoisotopic (exact) mass is 481 g/mol. The molecule has 2 N–H and O–H groups in total. The van der Waals surface area contributed by atoms with Gasteiger partial charge in [-0.25, -0.2) is 0 Å². The maximum absolute atomic E-state index is 13.2. The van der Waals surface area contributed by atoms with Crippen LogP contribution in [0.3, 0.4) is 0 Å². The van der Waals surface area contributed by atoms with Crippen molar-refractivity contribution in [3.05, 3.63) is 53.6 Å². The Hall–Kier alpha value is -3.59. The highest BCUT2D eigenvalue weighted by molar-refractivity contribution is 5.99. The molecule has 2 aromatic rings. The van der Waals surface area contributed by atoms with E-state index in [9.17, 15) is 14.4 Å². The Labute approximate surface area is 204 Å². The molecule has 9 heteroatoms. The summed E-state index contributed by atoms with van der Waals surface area (Å²) in [6.45, 7) is 2.09. The van der Waals surface area contributed by atoms with E-state index >= 15 is 0 Å². The Morgan fingerprint density at radius 3 is 2.77 bits per heavy atom. The van der Waals surface area contributed by atoms with Crippen LogP contribution in [0.1, 0.15) is 42.1 Å². The van der Waals surface area contributed by atoms with Gasteiger partial charge in [0.1, 0.15) is 24.2 Å². The molecule has 9 nitrogen and oxygen atoms in total. The summed E-state index contributed by atoms with van der Waals surface area (Å²) in [6.07, 6.45) is 0.989. The summed E-state index contributed by atoms with van der Waals surface area (Å²) in [5, 5.41) is 5.64. The molecule has 2 aliphatic rings. The molecular formula is C26H31N3O6. The molecule has 1 saturated heterocycles. The van der Waals surface area contributed by atoms with Crippen molar-refractivity contribution in [1.82, 2.24) is 10.2 Å². The first-order valence-electron chi connectivity index (χ1n) is 11.7. The number of methoxy groups -OCH3 is 1. The van der Waals surface area contributed by atoms with Crippen molar-refractivity contribution < 1.29 is 28.6 Å². The lowest BCUT2D eigenvalue weighted by Crippen LogP contribution is -2.53. The summed E-state index contributed by atoms with van der Waals surface area (Å²) in [4.78, 5) is 38.9. The third-order valence-electron chi connectivity index (χ3n) is 6.37. The number of carbonyl (C=O) groups is 3. The number of hydrogen-bond donors (Lipinski definition) is 2. The van der Waals surface area contributed by atoms with E-state index in [-0.39, 0.29) is 49.0 Å². The number of fused-ring (bicyclic) bond motifs is 2. The lowest BCUT2D eigenvalue weighted by molar-refractivity contribution is -0.134. The smallest absolute Gasteiger partial charge is 0.257 e. The predicted octanol–water partition coefficient (Wildman–Crippen LogP) is 2.74. The molecule has 0 bridgehead atoms. The van der Waals surface area contributed by atoms with Crippen LogP contribution in [0, 0.1) is 0 Å². The molecule has 4 rings (SSSR count). The van der Waals surface area contributed by atoms with Crippen LogP contribution < -0.4 is 20.1 Å². The first-order chi connectivity index (χ1) is 16.8. The zero-order valence-corrected chi connectivity index (χ0v) is 20.2. The van der Waals surface area contributed by atoms with Gasteiger partial charge in [-0.05, 0) is 48.7 Å². The number of hydrogen-bond acceptors (Lipinski definition) is 6. The number of likely N-dealkylation sites (N-methyl/N-ethyl adjacent to an activating group) is 1. The molecule has 3 amide bonds. The van der Waals surface area contributed by atoms with E-state index in [0.29, 0.717) is 36.4 Å². The first-order valence-corrected chi connectivity index (χ1v) is 11.7. The zero-order valence-electron chi connectivity index (χ0n) is 20.2. The van der Waals surface area contributed by atoms with Gasteiger partial charge in [0.2, 0.25) is 11.8 Å². The molecule has 35 heavy (non-hydrogen) atoms. The maximum atomic E-state index is 13.2. The number of carbonyl (C=O) groups excluding carboxylic acids is 3. The van der Waals surface area contributed by atoms with E-state index in [1.165, 1.54) is 6.92 Å². The average Bonchev–Trinajstić information content (AvgIpc) is 2.85. The van der Waals surface area contributed by atoms with E-state index in [1.54, 1.807) is 37.3 Å². The molecule has 2 aliphatic heterocycles. The van der Waals surface area contributed by atoms with Gasteiger partial charge >= 0.3 is 0 Å². The summed E-state index contributed by atoms with van der Waals surface area (Å²) < 4.78 is 17.4. The van der Waals surface area contributed by atoms with Gasteiger partial charge in [-0.3, -0.25) is 14.4 Å². The van der Waals surface area contributed by atoms with Gasteiger partial charge < -0.3 is 29.7 Å². The summed E-state index contributed by atoms with van der Waals surface area (Å²) in [5.74, 6) is 0.686. The molecule has 0 radical (unpaired) electrons. The van der Waals surface area contributed by atoms with Crippen LogP contribution in [0.5, 0.6) is 11.5 Å². The highest BCUT2D eigenvalue weighted by Gasteiger charge is 2.39. The van der Waals surface area contributed by atoms with Crippen LogP contribution in [0.2, 0.25) is 0 Å². The van der Waals surface area contributed by atoms with E-state index in [0.717, 1.165) is 11.3 Å². The van der Waals surface area contributed by atoms with Crippen molar-refractivity contribution in [1.29, 1.82) is 0 Å². The summed E-state index contributed by atoms with van der Waals surface area (Å²) in [7, 11) is 3.36. The normalized spacial score (nSPS) is 21.5. The van der Waals surface area contributed by atoms with Gasteiger partial charge in [0.15, 0.2) is 0 Å². The Morgan fingerprint density at radius 2 is 2.00 bits per heavy atom. The third kappa shape index (κ3) is 5.92. The van der Waals surface area contributed by atoms with Gasteiger partial charge in [0.25, 0.3) is 5.91 Å². The molecule has 2 aromatic carbocycles. The lowest BCUT2D eigenvalue weighted by atomic mass is 9.94. The van der Waals surface area contributed by atoms with Crippen LogP contribution in [0.4, 0.5) is 5.69 Å². The zero-order chi connectivity index (χ0) is 24.9. The van der Waals surface area contributed by atoms with Crippen LogP contribution >= 0.6 is 0 Å². The molecule has 2 heterocycles. The largest absolute Gasteiger partial charge is 0.497 e. The second-order valence-electron chi connectivity index (χ2n) is 8.89. The molecular weight excluding hydrogens is 450 g/mol. The number of nitrogens with one attached hydrogen (secondary N) is 2. The first kappa shape index (κ1) is 24.5. The van der Waals surface area contributed by atoms with E-state index in [2.05, 4.69) is 10.6 Å². The van der Waals surface area contributed by atoms with Crippen molar-refractivity contribution in [3.8, 4) is 11.5 Å². The van der Waals surface area contributed by atoms with E-state index in [4.69, 9.17) is 14.2 Å². The fourth-order valence-corrected chi connectivity index (χ4v) is 4.57. The SMILES string of the molecule is COc1cccc(CNC(=O)C[C@@H]2CC[C@@H]3[C@@H](COc4ccc(NC(C)=O)cc4C(=O)N3C)O2)c1. The van der Waals surface area contributed by atoms with Crippen molar-refractivity contribution in [3.63, 3.8) is 0 Å². The molecule has 0 aliphatic carbocycles. The van der Waals surface area contributed by atoms with Crippen LogP contribution in [0.15, 0.2) is 42.5 Å². The van der Waals surface area contributed by atoms with Gasteiger partial charge in [0, 0.05) is 26.2 Å². The quantitative estimate of drug-likeness (QED) is 0.657. The molecule has 1 fully saturated rings. The van der Waals surface area contributed by atoms with Gasteiger partial charge in [-0.2, -0.15) is 0 Å². The highest BCUT2D eigenvalue weighted by Crippen LogP contribution is 2.32. The molecule has 3 atom stereocenters. The van der Waals surface area contributed by atoms with Crippen molar-refractivity contribution in [2.24, 2.45) is 0 Å². The van der Waals surface area contributed by atoms with E-state index in [1.807, 2.05) is 24.3 Å². The molecule has 0 unspecified atom stereocenters. The minimum absolute atomic E-state index is 0.0942. The second kappa shape index (κ2) is 10.8. The fraction of sp³-hybridized carbons (Fsp3) is 0.423. The number of rotatable bonds is 6. The Morgan fingerprint density at radius 1 is 1.17 bits per heavy atom. The predicted molar refractivity (Wildman–Crippen MR) is 129 cm³/mol. The van der Waals surface area contributed by atoms with Crippen molar-refractivity contribution in [2.45, 2.75) is 51.0 Å². The van der Waals surface area contributed by atoms with Crippen LogP contribution in [0.25, 0.3) is 0 Å². The molecule has 0 spiro atoms. The Kier molecular flexibility index (Phi) is 7.55. The van der Waals surface area contributed by atoms with Crippen LogP contribution in [-0.2, 0) is 20.9 Å². The number of ether oxygens (including phenoxy) is 3. The summed E-state index contributed by atoms with van der Waals surface area (Å²) >= 11 is 0. The minimum atomic E-state index is -0.350. The topological polar surface area (TPSA) is 106 Å². The van der Waals surface area contributed by atoms with Gasteiger partial charge in [-0.1, -0.05) is 12.1 Å². The fourth-order valence-electron chi connectivity index (χ4n) is 4.57. The molecule has 0 saturated carbocycles. The lowest BCUT2D eigenvalue weighted by Gasteiger charge is -2.42. The van der Waals surface area contributed by atoms with Crippen molar-refractivity contribution in [2.75, 3.05) is 26.1 Å². The minimum Gasteiger partial charge on any atom is -0.497 e. The van der Waals surface area contributed by atoms with Crippen LogP contribution in [-0.4, -0.2) is 61.6 Å². The summed E-state index contributed by atoms with van der Waals surface area (Å²) in [5.41, 5.74) is 1.89. The highest BCUT2D eigenvalue weighted by atomic mass is 16.5. The average molecular weight is 482 g/mol. The second-order valence-corrected chi connectivity index (χ2v) is 8.89. The number of nitrogens with zero attached hydrogens (tertiary/aromatic N) is 1. The van der Waals surface area contributed by atoms with E-state index < -0.39 is 0 Å². The maximum Gasteiger partial charge on any atom is 0.257 e.